The van der Waals surface area contributed by atoms with Crippen LogP contribution >= 0.6 is 0 Å². The third kappa shape index (κ3) is 1.76. The summed E-state index contributed by atoms with van der Waals surface area (Å²) in [5.41, 5.74) is 0.789. The van der Waals surface area contributed by atoms with Crippen LogP contribution in [0, 0.1) is 0 Å². The van der Waals surface area contributed by atoms with Crippen LogP contribution in [0.15, 0.2) is 36.4 Å². The highest BCUT2D eigenvalue weighted by molar-refractivity contribution is 6.30. The summed E-state index contributed by atoms with van der Waals surface area (Å²) in [7, 11) is 0. The molecular weight excluding hydrogens is 284 g/mol. The minimum atomic E-state index is -0.363. The van der Waals surface area contributed by atoms with Gasteiger partial charge < -0.3 is 14.6 Å². The molecule has 5 nitrogen and oxygen atoms in total. The van der Waals surface area contributed by atoms with Crippen LogP contribution in [0.1, 0.15) is 31.8 Å². The molecule has 2 aliphatic rings. The molecule has 2 aromatic carbocycles. The summed E-state index contributed by atoms with van der Waals surface area (Å²) in [6.45, 7) is 0.906. The van der Waals surface area contributed by atoms with E-state index >= 15 is 0 Å². The van der Waals surface area contributed by atoms with Gasteiger partial charge in [0.25, 0.3) is 0 Å². The van der Waals surface area contributed by atoms with E-state index in [-0.39, 0.29) is 34.5 Å². The van der Waals surface area contributed by atoms with Gasteiger partial charge in [-0.05, 0) is 12.1 Å². The lowest BCUT2D eigenvalue weighted by atomic mass is 9.83. The van der Waals surface area contributed by atoms with E-state index in [0.717, 1.165) is 0 Å². The summed E-state index contributed by atoms with van der Waals surface area (Å²) < 4.78 is 10.8. The molecule has 0 unspecified atom stereocenters. The van der Waals surface area contributed by atoms with Gasteiger partial charge in [-0.25, -0.2) is 0 Å². The molecule has 0 spiro atoms. The van der Waals surface area contributed by atoms with Gasteiger partial charge in [-0.1, -0.05) is 24.3 Å². The van der Waals surface area contributed by atoms with Gasteiger partial charge in [-0.3, -0.25) is 9.59 Å². The normalized spacial score (nSPS) is 16.7. The fourth-order valence-electron chi connectivity index (χ4n) is 2.74. The smallest absolute Gasteiger partial charge is 0.198 e. The lowest BCUT2D eigenvalue weighted by Gasteiger charge is -2.29. The van der Waals surface area contributed by atoms with Crippen molar-refractivity contribution in [1.82, 2.24) is 0 Å². The van der Waals surface area contributed by atoms with Crippen molar-refractivity contribution < 1.29 is 24.2 Å². The Morgan fingerprint density at radius 1 is 0.955 bits per heavy atom. The standard InChI is InChI=1S/C17H12O5/c18-12-5-6-13(22-9-7-21-8-9)15-14(12)16(19)10-3-1-2-4-11(10)17(15)20/h1-6,9,18H,7-8H2. The molecule has 0 amide bonds. The lowest BCUT2D eigenvalue weighted by molar-refractivity contribution is -0.0798. The third-order valence-corrected chi connectivity index (χ3v) is 3.92. The first-order chi connectivity index (χ1) is 10.7. The van der Waals surface area contributed by atoms with Gasteiger partial charge in [0.2, 0.25) is 0 Å². The highest BCUT2D eigenvalue weighted by atomic mass is 16.6. The Labute approximate surface area is 126 Å². The molecule has 4 rings (SSSR count). The van der Waals surface area contributed by atoms with E-state index in [2.05, 4.69) is 0 Å². The number of carbonyl (C=O) groups excluding carboxylic acids is 2. The fraction of sp³-hybridized carbons (Fsp3) is 0.176. The number of phenols is 1. The monoisotopic (exact) mass is 296 g/mol. The second kappa shape index (κ2) is 4.68. The Morgan fingerprint density at radius 2 is 1.59 bits per heavy atom. The molecule has 22 heavy (non-hydrogen) atoms. The topological polar surface area (TPSA) is 72.8 Å². The minimum absolute atomic E-state index is 0.0152. The van der Waals surface area contributed by atoms with E-state index in [9.17, 15) is 14.7 Å². The van der Waals surface area contributed by atoms with Crippen molar-refractivity contribution in [2.24, 2.45) is 0 Å². The number of ketones is 2. The predicted molar refractivity (Wildman–Crippen MR) is 76.6 cm³/mol. The van der Waals surface area contributed by atoms with Crippen LogP contribution in [0.4, 0.5) is 0 Å². The van der Waals surface area contributed by atoms with E-state index in [4.69, 9.17) is 9.47 Å². The number of hydrogen-bond acceptors (Lipinski definition) is 5. The largest absolute Gasteiger partial charge is 0.507 e. The zero-order valence-electron chi connectivity index (χ0n) is 11.5. The van der Waals surface area contributed by atoms with Crippen LogP contribution in [-0.4, -0.2) is 36.0 Å². The van der Waals surface area contributed by atoms with Crippen molar-refractivity contribution in [3.63, 3.8) is 0 Å². The van der Waals surface area contributed by atoms with Crippen LogP contribution in [0.5, 0.6) is 11.5 Å². The number of hydrogen-bond donors (Lipinski definition) is 1. The van der Waals surface area contributed by atoms with Gasteiger partial charge in [-0.2, -0.15) is 0 Å². The Bertz CT molecular complexity index is 805. The number of fused-ring (bicyclic) bond motifs is 2. The number of ether oxygens (including phenoxy) is 2. The van der Waals surface area contributed by atoms with Crippen LogP contribution in [0.3, 0.4) is 0 Å². The minimum Gasteiger partial charge on any atom is -0.507 e. The maximum absolute atomic E-state index is 12.7. The summed E-state index contributed by atoms with van der Waals surface area (Å²) in [5, 5.41) is 10.0. The Kier molecular flexibility index (Phi) is 2.77. The summed E-state index contributed by atoms with van der Waals surface area (Å²) >= 11 is 0. The highest BCUT2D eigenvalue weighted by Crippen LogP contribution is 2.38. The molecule has 110 valence electrons. The molecule has 1 aliphatic heterocycles. The number of rotatable bonds is 2. The summed E-state index contributed by atoms with van der Waals surface area (Å²) in [6, 6.07) is 9.50. The average molecular weight is 296 g/mol. The van der Waals surface area contributed by atoms with Crippen molar-refractivity contribution in [2.75, 3.05) is 13.2 Å². The zero-order chi connectivity index (χ0) is 15.3. The molecule has 0 aromatic heterocycles. The first-order valence-electron chi connectivity index (χ1n) is 6.95. The first-order valence-corrected chi connectivity index (χ1v) is 6.95. The molecule has 1 fully saturated rings. The van der Waals surface area contributed by atoms with E-state index in [1.165, 1.54) is 12.1 Å². The lowest BCUT2D eigenvalue weighted by Crippen LogP contribution is -2.39. The van der Waals surface area contributed by atoms with Crippen molar-refractivity contribution in [3.8, 4) is 11.5 Å². The second-order valence-electron chi connectivity index (χ2n) is 5.31. The molecule has 1 N–H and O–H groups in total. The molecule has 1 heterocycles. The van der Waals surface area contributed by atoms with Gasteiger partial charge in [-0.15, -0.1) is 0 Å². The first kappa shape index (κ1) is 13.0. The summed E-state index contributed by atoms with van der Waals surface area (Å²) in [4.78, 5) is 25.3. The highest BCUT2D eigenvalue weighted by Gasteiger charge is 2.35. The number of phenolic OH excluding ortho intramolecular Hbond substituents is 1. The quantitative estimate of drug-likeness (QED) is 0.782. The van der Waals surface area contributed by atoms with Crippen molar-refractivity contribution in [1.29, 1.82) is 0 Å². The molecule has 0 atom stereocenters. The van der Waals surface area contributed by atoms with Gasteiger partial charge in [0, 0.05) is 11.1 Å². The van der Waals surface area contributed by atoms with Gasteiger partial charge in [0.15, 0.2) is 11.6 Å². The van der Waals surface area contributed by atoms with Gasteiger partial charge in [0.1, 0.15) is 17.6 Å². The summed E-state index contributed by atoms with van der Waals surface area (Å²) in [5.74, 6) is -0.566. The molecular formula is C17H12O5. The Balaban J connectivity index is 1.90. The third-order valence-electron chi connectivity index (χ3n) is 3.92. The second-order valence-corrected chi connectivity index (χ2v) is 5.31. The maximum atomic E-state index is 12.7. The van der Waals surface area contributed by atoms with Gasteiger partial charge in [0.05, 0.1) is 24.3 Å². The number of carbonyl (C=O) groups is 2. The van der Waals surface area contributed by atoms with Crippen LogP contribution in [0.2, 0.25) is 0 Å². The molecule has 5 heteroatoms. The van der Waals surface area contributed by atoms with Crippen molar-refractivity contribution >= 4 is 11.6 Å². The van der Waals surface area contributed by atoms with Crippen LogP contribution < -0.4 is 4.74 Å². The SMILES string of the molecule is O=C1c2ccccc2C(=O)c2c(OC3COC3)ccc(O)c21. The molecule has 0 radical (unpaired) electrons. The number of benzene rings is 2. The van der Waals surface area contributed by atoms with E-state index in [0.29, 0.717) is 30.1 Å². The van der Waals surface area contributed by atoms with Gasteiger partial charge >= 0.3 is 0 Å². The average Bonchev–Trinajstić information content (AvgIpc) is 2.49. The molecule has 1 aliphatic carbocycles. The van der Waals surface area contributed by atoms with E-state index < -0.39 is 0 Å². The zero-order valence-corrected chi connectivity index (χ0v) is 11.5. The molecule has 0 saturated carbocycles. The molecule has 2 aromatic rings. The Hall–Kier alpha value is -2.66. The molecule has 1 saturated heterocycles. The number of aromatic hydroxyl groups is 1. The van der Waals surface area contributed by atoms with Crippen LogP contribution in [0.25, 0.3) is 0 Å². The van der Waals surface area contributed by atoms with Crippen molar-refractivity contribution in [2.45, 2.75) is 6.10 Å². The molecule has 0 bridgehead atoms. The Morgan fingerprint density at radius 3 is 2.18 bits per heavy atom. The maximum Gasteiger partial charge on any atom is 0.198 e. The van der Waals surface area contributed by atoms with E-state index in [1.54, 1.807) is 24.3 Å². The van der Waals surface area contributed by atoms with E-state index in [1.807, 2.05) is 0 Å². The summed E-state index contributed by atoms with van der Waals surface area (Å²) in [6.07, 6.45) is -0.131. The predicted octanol–water partition coefficient (Wildman–Crippen LogP) is 1.95. The van der Waals surface area contributed by atoms with Crippen LogP contribution in [-0.2, 0) is 4.74 Å². The fourth-order valence-corrected chi connectivity index (χ4v) is 2.74. The van der Waals surface area contributed by atoms with Crippen molar-refractivity contribution in [3.05, 3.63) is 58.7 Å².